The molecule has 2 saturated heterocycles. The Labute approximate surface area is 203 Å². The highest BCUT2D eigenvalue weighted by molar-refractivity contribution is 5.93. The largest absolute Gasteiger partial charge is 0.418 e. The van der Waals surface area contributed by atoms with Crippen LogP contribution in [0.15, 0.2) is 24.3 Å². The molecule has 0 atom stereocenters. The number of carbonyl (C=O) groups excluding carboxylic acids is 3. The monoisotopic (exact) mass is 497 g/mol. The third-order valence-electron chi connectivity index (χ3n) is 6.35. The first-order valence-corrected chi connectivity index (χ1v) is 12.0. The van der Waals surface area contributed by atoms with E-state index in [0.717, 1.165) is 18.9 Å². The Morgan fingerprint density at radius 3 is 2.14 bits per heavy atom. The van der Waals surface area contributed by atoms with Crippen LogP contribution >= 0.6 is 0 Å². The maximum Gasteiger partial charge on any atom is 0.418 e. The average molecular weight is 498 g/mol. The molecule has 0 unspecified atom stereocenters. The highest BCUT2D eigenvalue weighted by Gasteiger charge is 2.34. The van der Waals surface area contributed by atoms with E-state index in [-0.39, 0.29) is 36.0 Å². The fourth-order valence-electron chi connectivity index (χ4n) is 4.43. The lowest BCUT2D eigenvalue weighted by molar-refractivity contribution is -0.137. The second-order valence-electron chi connectivity index (χ2n) is 9.46. The fourth-order valence-corrected chi connectivity index (χ4v) is 4.43. The van der Waals surface area contributed by atoms with Crippen LogP contribution < -0.4 is 10.6 Å². The van der Waals surface area contributed by atoms with Gasteiger partial charge < -0.3 is 15.5 Å². The highest BCUT2D eigenvalue weighted by Crippen LogP contribution is 2.34. The number of rotatable bonds is 7. The SMILES string of the molecule is CC(C)NC(=O)C1CCN(CC(=O)N2CCN(CC(=O)Nc3ccccc3C(F)(F)F)CC2)CC1. The van der Waals surface area contributed by atoms with E-state index in [1.807, 2.05) is 18.7 Å². The van der Waals surface area contributed by atoms with E-state index in [1.165, 1.54) is 18.2 Å². The minimum Gasteiger partial charge on any atom is -0.354 e. The van der Waals surface area contributed by atoms with Crippen molar-refractivity contribution in [3.05, 3.63) is 29.8 Å². The van der Waals surface area contributed by atoms with E-state index in [1.54, 1.807) is 4.90 Å². The quantitative estimate of drug-likeness (QED) is 0.602. The van der Waals surface area contributed by atoms with Crippen molar-refractivity contribution in [1.82, 2.24) is 20.0 Å². The molecule has 2 aliphatic rings. The van der Waals surface area contributed by atoms with Gasteiger partial charge in [0.15, 0.2) is 0 Å². The second kappa shape index (κ2) is 11.9. The molecule has 0 bridgehead atoms. The average Bonchev–Trinajstić information content (AvgIpc) is 2.79. The third-order valence-corrected chi connectivity index (χ3v) is 6.35. The molecule has 0 aliphatic carbocycles. The maximum atomic E-state index is 13.1. The van der Waals surface area contributed by atoms with Gasteiger partial charge in [-0.25, -0.2) is 0 Å². The Bertz CT molecular complexity index is 893. The molecule has 3 amide bonds. The Morgan fingerprint density at radius 2 is 1.54 bits per heavy atom. The molecule has 0 spiro atoms. The van der Waals surface area contributed by atoms with E-state index in [2.05, 4.69) is 15.5 Å². The van der Waals surface area contributed by atoms with Gasteiger partial charge in [0.1, 0.15) is 0 Å². The normalized spacial score (nSPS) is 18.5. The van der Waals surface area contributed by atoms with Gasteiger partial charge in [-0.3, -0.25) is 24.2 Å². The first-order valence-electron chi connectivity index (χ1n) is 12.0. The molecule has 0 radical (unpaired) electrons. The molecule has 35 heavy (non-hydrogen) atoms. The summed E-state index contributed by atoms with van der Waals surface area (Å²) in [6.45, 7) is 7.37. The van der Waals surface area contributed by atoms with Gasteiger partial charge in [-0.1, -0.05) is 12.1 Å². The topological polar surface area (TPSA) is 85.0 Å². The summed E-state index contributed by atoms with van der Waals surface area (Å²) in [4.78, 5) is 42.9. The summed E-state index contributed by atoms with van der Waals surface area (Å²) < 4.78 is 39.4. The molecule has 1 aromatic rings. The summed E-state index contributed by atoms with van der Waals surface area (Å²) in [5.41, 5.74) is -1.14. The van der Waals surface area contributed by atoms with Gasteiger partial charge >= 0.3 is 6.18 Å². The van der Waals surface area contributed by atoms with Gasteiger partial charge in [-0.2, -0.15) is 13.2 Å². The molecule has 2 aliphatic heterocycles. The van der Waals surface area contributed by atoms with E-state index < -0.39 is 17.6 Å². The Hall–Kier alpha value is -2.66. The lowest BCUT2D eigenvalue weighted by atomic mass is 9.95. The number of alkyl halides is 3. The molecular weight excluding hydrogens is 463 g/mol. The maximum absolute atomic E-state index is 13.1. The van der Waals surface area contributed by atoms with Gasteiger partial charge in [0.2, 0.25) is 17.7 Å². The van der Waals surface area contributed by atoms with Crippen LogP contribution in [0.4, 0.5) is 18.9 Å². The molecular formula is C24H34F3N5O3. The number of likely N-dealkylation sites (tertiary alicyclic amines) is 1. The molecule has 1 aromatic carbocycles. The Morgan fingerprint density at radius 1 is 0.943 bits per heavy atom. The van der Waals surface area contributed by atoms with Crippen LogP contribution in [0.2, 0.25) is 0 Å². The molecule has 2 heterocycles. The zero-order valence-electron chi connectivity index (χ0n) is 20.2. The van der Waals surface area contributed by atoms with Gasteiger partial charge in [0.25, 0.3) is 0 Å². The number of nitrogens with zero attached hydrogens (tertiary/aromatic N) is 3. The smallest absolute Gasteiger partial charge is 0.354 e. The number of carbonyl (C=O) groups is 3. The van der Waals surface area contributed by atoms with Gasteiger partial charge in [0.05, 0.1) is 24.3 Å². The second-order valence-corrected chi connectivity index (χ2v) is 9.46. The summed E-state index contributed by atoms with van der Waals surface area (Å²) in [7, 11) is 0. The molecule has 11 heteroatoms. The number of nitrogens with one attached hydrogen (secondary N) is 2. The van der Waals surface area contributed by atoms with Gasteiger partial charge in [0, 0.05) is 38.1 Å². The molecule has 8 nitrogen and oxygen atoms in total. The third kappa shape index (κ3) is 7.93. The van der Waals surface area contributed by atoms with Gasteiger partial charge in [-0.15, -0.1) is 0 Å². The molecule has 3 rings (SSSR count). The van der Waals surface area contributed by atoms with Crippen molar-refractivity contribution >= 4 is 23.4 Å². The number of benzene rings is 1. The molecule has 194 valence electrons. The summed E-state index contributed by atoms with van der Waals surface area (Å²) in [6, 6.07) is 5.00. The highest BCUT2D eigenvalue weighted by atomic mass is 19.4. The Kier molecular flexibility index (Phi) is 9.12. The molecule has 2 fully saturated rings. The number of para-hydroxylation sites is 1. The van der Waals surface area contributed by atoms with Crippen molar-refractivity contribution in [2.75, 3.05) is 57.7 Å². The summed E-state index contributed by atoms with van der Waals surface area (Å²) in [5, 5.41) is 5.30. The minimum atomic E-state index is -4.55. The summed E-state index contributed by atoms with van der Waals surface area (Å²) in [5.74, 6) is -0.446. The lowest BCUT2D eigenvalue weighted by Gasteiger charge is -2.36. The molecule has 0 saturated carbocycles. The van der Waals surface area contributed by atoms with Crippen molar-refractivity contribution in [2.24, 2.45) is 5.92 Å². The predicted molar refractivity (Wildman–Crippen MR) is 126 cm³/mol. The summed E-state index contributed by atoms with van der Waals surface area (Å²) in [6.07, 6.45) is -3.09. The van der Waals surface area contributed by atoms with Crippen molar-refractivity contribution in [1.29, 1.82) is 0 Å². The van der Waals surface area contributed by atoms with Crippen LogP contribution in [-0.2, 0) is 20.6 Å². The van der Waals surface area contributed by atoms with Crippen LogP contribution in [0.25, 0.3) is 0 Å². The van der Waals surface area contributed by atoms with Gasteiger partial charge in [-0.05, 0) is 51.9 Å². The van der Waals surface area contributed by atoms with Crippen LogP contribution in [0.1, 0.15) is 32.3 Å². The number of anilines is 1. The number of amides is 3. The van der Waals surface area contributed by atoms with E-state index >= 15 is 0 Å². The van der Waals surface area contributed by atoms with Crippen LogP contribution in [0.5, 0.6) is 0 Å². The predicted octanol–water partition coefficient (Wildman–Crippen LogP) is 2.02. The number of piperidine rings is 1. The van der Waals surface area contributed by atoms with Crippen molar-refractivity contribution < 1.29 is 27.6 Å². The Balaban J connectivity index is 1.39. The zero-order chi connectivity index (χ0) is 25.6. The first-order chi connectivity index (χ1) is 16.5. The molecule has 2 N–H and O–H groups in total. The zero-order valence-corrected chi connectivity index (χ0v) is 20.2. The van der Waals surface area contributed by atoms with E-state index in [4.69, 9.17) is 0 Å². The van der Waals surface area contributed by atoms with Crippen LogP contribution in [0.3, 0.4) is 0 Å². The van der Waals surface area contributed by atoms with Crippen LogP contribution in [0, 0.1) is 5.92 Å². The number of hydrogen-bond donors (Lipinski definition) is 2. The summed E-state index contributed by atoms with van der Waals surface area (Å²) >= 11 is 0. The van der Waals surface area contributed by atoms with Crippen molar-refractivity contribution in [2.45, 2.75) is 38.9 Å². The molecule has 0 aromatic heterocycles. The van der Waals surface area contributed by atoms with Crippen molar-refractivity contribution in [3.8, 4) is 0 Å². The lowest BCUT2D eigenvalue weighted by Crippen LogP contribution is -2.53. The fraction of sp³-hybridized carbons (Fsp3) is 0.625. The van der Waals surface area contributed by atoms with Crippen molar-refractivity contribution in [3.63, 3.8) is 0 Å². The minimum absolute atomic E-state index is 0.0123. The van der Waals surface area contributed by atoms with E-state index in [0.29, 0.717) is 45.8 Å². The van der Waals surface area contributed by atoms with Crippen LogP contribution in [-0.4, -0.2) is 90.8 Å². The number of piperazine rings is 1. The number of hydrogen-bond acceptors (Lipinski definition) is 5. The number of halogens is 3. The first kappa shape index (κ1) is 26.9. The standard InChI is InChI=1S/C24H34F3N5O3/c1-17(2)28-23(35)18-7-9-30(10-8-18)16-22(34)32-13-11-31(12-14-32)15-21(33)29-20-6-4-3-5-19(20)24(25,26)27/h3-6,17-18H,7-16H2,1-2H3,(H,28,35)(H,29,33). The van der Waals surface area contributed by atoms with E-state index in [9.17, 15) is 27.6 Å².